The summed E-state index contributed by atoms with van der Waals surface area (Å²) in [5, 5.41) is 3.26. The molecular formula is C21H20PS. The topological polar surface area (TPSA) is 0 Å². The maximum absolute atomic E-state index is 3.35. The average Bonchev–Trinajstić information content (AvgIpc) is 3.05. The highest BCUT2D eigenvalue weighted by molar-refractivity contribution is 7.99. The summed E-state index contributed by atoms with van der Waals surface area (Å²) in [7, 11) is -0.561. The van der Waals surface area contributed by atoms with E-state index < -0.39 is 7.92 Å². The molecule has 2 atom stereocenters. The van der Waals surface area contributed by atoms with Gasteiger partial charge in [0, 0.05) is 16.2 Å². The molecule has 0 saturated heterocycles. The Morgan fingerprint density at radius 3 is 2.61 bits per heavy atom. The molecule has 2 aromatic rings. The van der Waals surface area contributed by atoms with E-state index in [4.69, 9.17) is 0 Å². The van der Waals surface area contributed by atoms with Crippen molar-refractivity contribution in [1.82, 2.24) is 0 Å². The molecule has 5 radical (unpaired) electrons. The van der Waals surface area contributed by atoms with Gasteiger partial charge in [0.25, 0.3) is 0 Å². The van der Waals surface area contributed by atoms with E-state index in [-0.39, 0.29) is 0 Å². The molecule has 0 spiro atoms. The van der Waals surface area contributed by atoms with E-state index in [0.29, 0.717) is 5.25 Å². The zero-order valence-corrected chi connectivity index (χ0v) is 15.2. The van der Waals surface area contributed by atoms with Crippen molar-refractivity contribution in [2.45, 2.75) is 18.6 Å². The van der Waals surface area contributed by atoms with Crippen molar-refractivity contribution in [3.8, 4) is 0 Å². The second-order valence-corrected chi connectivity index (χ2v) is 8.96. The molecule has 1 aliphatic carbocycles. The molecule has 0 bridgehead atoms. The molecule has 1 unspecified atom stereocenters. The molecule has 2 aromatic carbocycles. The Morgan fingerprint density at radius 2 is 1.91 bits per heavy atom. The van der Waals surface area contributed by atoms with Gasteiger partial charge in [-0.2, -0.15) is 11.8 Å². The van der Waals surface area contributed by atoms with Gasteiger partial charge in [0.05, 0.1) is 0 Å². The third-order valence-electron chi connectivity index (χ3n) is 3.92. The van der Waals surface area contributed by atoms with Crippen LogP contribution in [0.25, 0.3) is 0 Å². The van der Waals surface area contributed by atoms with Gasteiger partial charge >= 0.3 is 0 Å². The first-order valence-corrected chi connectivity index (χ1v) is 10.4. The molecule has 0 amide bonds. The highest BCUT2D eigenvalue weighted by Crippen LogP contribution is 2.57. The summed E-state index contributed by atoms with van der Waals surface area (Å²) in [5.41, 5.74) is 1.46. The fourth-order valence-electron chi connectivity index (χ4n) is 2.69. The Hall–Kier alpha value is -0.960. The molecular weight excluding hydrogens is 315 g/mol. The summed E-state index contributed by atoms with van der Waals surface area (Å²) in [6.07, 6.45) is 10.1. The summed E-state index contributed by atoms with van der Waals surface area (Å²) < 4.78 is 0. The first kappa shape index (κ1) is 16.9. The van der Waals surface area contributed by atoms with Gasteiger partial charge < -0.3 is 0 Å². The van der Waals surface area contributed by atoms with E-state index >= 15 is 0 Å². The molecule has 0 N–H and O–H groups in total. The minimum atomic E-state index is -0.561. The summed E-state index contributed by atoms with van der Waals surface area (Å²) in [5.74, 6) is 1.47. The normalized spacial score (nSPS) is 17.3. The largest absolute Gasteiger partial charge is 0.162 e. The smallest absolute Gasteiger partial charge is 0.0309 e. The summed E-state index contributed by atoms with van der Waals surface area (Å²) in [6, 6.07) is 23.5. The fourth-order valence-corrected chi connectivity index (χ4v) is 5.42. The lowest BCUT2D eigenvalue weighted by molar-refractivity contribution is 0.864. The molecule has 1 saturated carbocycles. The zero-order valence-electron chi connectivity index (χ0n) is 13.5. The van der Waals surface area contributed by atoms with Gasteiger partial charge in [-0.1, -0.05) is 55.5 Å². The monoisotopic (exact) mass is 335 g/mol. The van der Waals surface area contributed by atoms with E-state index in [1.165, 1.54) is 22.2 Å². The summed E-state index contributed by atoms with van der Waals surface area (Å²) >= 11 is 1.93. The van der Waals surface area contributed by atoms with Crippen molar-refractivity contribution in [1.29, 1.82) is 0 Å². The Morgan fingerprint density at radius 1 is 1.09 bits per heavy atom. The molecule has 0 aromatic heterocycles. The van der Waals surface area contributed by atoms with Crippen LogP contribution in [0.15, 0.2) is 48.5 Å². The number of hydrogen-bond donors (Lipinski definition) is 0. The van der Waals surface area contributed by atoms with Crippen molar-refractivity contribution in [2.75, 3.05) is 6.26 Å². The van der Waals surface area contributed by atoms with E-state index in [9.17, 15) is 0 Å². The molecule has 115 valence electrons. The second kappa shape index (κ2) is 8.23. The molecule has 1 aliphatic rings. The lowest BCUT2D eigenvalue weighted by atomic mass is 10.0. The average molecular weight is 335 g/mol. The Labute approximate surface area is 146 Å². The van der Waals surface area contributed by atoms with Gasteiger partial charge in [-0.25, -0.2) is 0 Å². The SMILES string of the molecule is CS[C@H](C)C[C]1[CH][CH][CH][C]1P(c1c#cccc1)c1ccccc1. The van der Waals surface area contributed by atoms with Gasteiger partial charge in [0.1, 0.15) is 0 Å². The van der Waals surface area contributed by atoms with E-state index in [1.807, 2.05) is 17.8 Å². The molecule has 0 aliphatic heterocycles. The van der Waals surface area contributed by atoms with Crippen LogP contribution in [0.4, 0.5) is 0 Å². The quantitative estimate of drug-likeness (QED) is 0.696. The lowest BCUT2D eigenvalue weighted by Crippen LogP contribution is -2.19. The highest BCUT2D eigenvalue weighted by atomic mass is 32.2. The Balaban J connectivity index is 1.92. The predicted octanol–water partition coefficient (Wildman–Crippen LogP) is 4.59. The van der Waals surface area contributed by atoms with Crippen LogP contribution in [0.3, 0.4) is 0 Å². The summed E-state index contributed by atoms with van der Waals surface area (Å²) in [4.78, 5) is 0. The molecule has 0 nitrogen and oxygen atoms in total. The molecule has 0 heterocycles. The molecule has 2 heteroatoms. The minimum absolute atomic E-state index is 0.561. The maximum Gasteiger partial charge on any atom is 0.0309 e. The van der Waals surface area contributed by atoms with Gasteiger partial charge in [-0.05, 0) is 63.2 Å². The van der Waals surface area contributed by atoms with Crippen LogP contribution in [0.5, 0.6) is 0 Å². The van der Waals surface area contributed by atoms with Crippen LogP contribution in [-0.2, 0) is 0 Å². The third kappa shape index (κ3) is 4.12. The third-order valence-corrected chi connectivity index (χ3v) is 7.37. The van der Waals surface area contributed by atoms with Crippen molar-refractivity contribution in [3.63, 3.8) is 0 Å². The number of rotatable bonds is 6. The van der Waals surface area contributed by atoms with E-state index in [2.05, 4.69) is 87.0 Å². The van der Waals surface area contributed by atoms with Crippen molar-refractivity contribution < 1.29 is 0 Å². The zero-order chi connectivity index (χ0) is 16.1. The molecule has 23 heavy (non-hydrogen) atoms. The first-order valence-electron chi connectivity index (χ1n) is 7.80. The van der Waals surface area contributed by atoms with Crippen LogP contribution in [0, 0.1) is 43.0 Å². The van der Waals surface area contributed by atoms with Crippen molar-refractivity contribution in [3.05, 3.63) is 91.5 Å². The molecule has 3 rings (SSSR count). The van der Waals surface area contributed by atoms with Crippen molar-refractivity contribution >= 4 is 30.3 Å². The minimum Gasteiger partial charge on any atom is -0.162 e. The van der Waals surface area contributed by atoms with Crippen LogP contribution < -0.4 is 10.6 Å². The van der Waals surface area contributed by atoms with Crippen LogP contribution >= 0.6 is 19.7 Å². The summed E-state index contributed by atoms with van der Waals surface area (Å²) in [6.45, 7) is 2.30. The fraction of sp³-hybridized carbons (Fsp3) is 0.190. The number of benzene rings is 1. The van der Waals surface area contributed by atoms with Gasteiger partial charge in [-0.3, -0.25) is 0 Å². The van der Waals surface area contributed by atoms with Gasteiger partial charge in [0.2, 0.25) is 0 Å². The van der Waals surface area contributed by atoms with Crippen molar-refractivity contribution in [2.24, 2.45) is 0 Å². The first-order chi connectivity index (χ1) is 11.3. The number of hydrogen-bond acceptors (Lipinski definition) is 1. The highest BCUT2D eigenvalue weighted by Gasteiger charge is 2.37. The maximum atomic E-state index is 3.35. The van der Waals surface area contributed by atoms with E-state index in [0.717, 1.165) is 6.42 Å². The number of thioether (sulfide) groups is 1. The van der Waals surface area contributed by atoms with Gasteiger partial charge in [0.15, 0.2) is 0 Å². The molecule has 1 fully saturated rings. The second-order valence-electron chi connectivity index (χ2n) is 5.54. The van der Waals surface area contributed by atoms with Crippen LogP contribution in [0.2, 0.25) is 0 Å². The predicted molar refractivity (Wildman–Crippen MR) is 104 cm³/mol. The Bertz CT molecular complexity index is 544. The van der Waals surface area contributed by atoms with Crippen LogP contribution in [0.1, 0.15) is 13.3 Å². The van der Waals surface area contributed by atoms with Gasteiger partial charge in [-0.15, -0.1) is 0 Å². The van der Waals surface area contributed by atoms with E-state index in [1.54, 1.807) is 0 Å². The van der Waals surface area contributed by atoms with Crippen LogP contribution in [-0.4, -0.2) is 11.5 Å². The Kier molecular flexibility index (Phi) is 6.04. The standard InChI is InChI=1S/C21H20PS/c1-17(23-2)16-18-10-9-15-21(18)22(19-11-5-3-6-12-19)20-13-7-4-8-14-20/h3-7,9-13,15,17H,16H2,1-2H3/t17-,22?/m1/s1. The lowest BCUT2D eigenvalue weighted by Gasteiger charge is -2.29.